The molecule has 0 radical (unpaired) electrons. The third-order valence-electron chi connectivity index (χ3n) is 2.88. The van der Waals surface area contributed by atoms with Gasteiger partial charge in [-0.05, 0) is 26.2 Å². The lowest BCUT2D eigenvalue weighted by Crippen LogP contribution is -2.38. The smallest absolute Gasteiger partial charge is 0.123 e. The number of halogens is 1. The van der Waals surface area contributed by atoms with Gasteiger partial charge >= 0.3 is 0 Å². The second-order valence-electron chi connectivity index (χ2n) is 4.05. The third kappa shape index (κ3) is 2.74. The Morgan fingerprint density at radius 1 is 1.42 bits per heavy atom. The summed E-state index contributed by atoms with van der Waals surface area (Å²) >= 11 is 0. The fraction of sp³-hybridized carbons (Fsp3) is 1.00. The first kappa shape index (κ1) is 9.97. The van der Waals surface area contributed by atoms with E-state index in [2.05, 4.69) is 19.2 Å². The van der Waals surface area contributed by atoms with Gasteiger partial charge in [-0.15, -0.1) is 0 Å². The molecule has 1 aliphatic rings. The lowest BCUT2D eigenvalue weighted by Gasteiger charge is -2.22. The van der Waals surface area contributed by atoms with E-state index in [1.165, 1.54) is 0 Å². The van der Waals surface area contributed by atoms with Crippen LogP contribution in [0.25, 0.3) is 0 Å². The van der Waals surface area contributed by atoms with Gasteiger partial charge in [0.15, 0.2) is 0 Å². The zero-order valence-corrected chi connectivity index (χ0v) is 8.20. The Hall–Kier alpha value is -0.110. The van der Waals surface area contributed by atoms with Gasteiger partial charge in [-0.2, -0.15) is 0 Å². The first-order chi connectivity index (χ1) is 5.66. The van der Waals surface area contributed by atoms with Crippen molar-refractivity contribution < 1.29 is 4.39 Å². The molecule has 1 nitrogen and oxygen atoms in total. The van der Waals surface area contributed by atoms with E-state index in [1.807, 2.05) is 0 Å². The van der Waals surface area contributed by atoms with Crippen LogP contribution in [0.2, 0.25) is 0 Å². The Morgan fingerprint density at radius 3 is 2.50 bits per heavy atom. The van der Waals surface area contributed by atoms with Crippen molar-refractivity contribution in [1.29, 1.82) is 0 Å². The molecule has 0 saturated heterocycles. The molecule has 0 amide bonds. The van der Waals surface area contributed by atoms with Crippen molar-refractivity contribution in [3.63, 3.8) is 0 Å². The maximum absolute atomic E-state index is 13.7. The highest BCUT2D eigenvalue weighted by molar-refractivity contribution is 4.87. The van der Waals surface area contributed by atoms with Gasteiger partial charge in [-0.3, -0.25) is 0 Å². The zero-order valence-electron chi connectivity index (χ0n) is 8.20. The standard InChI is InChI=1S/C10H20FN/c1-3-9(2)12-8-10(11)6-4-5-7-10/h9,12H,3-8H2,1-2H3. The van der Waals surface area contributed by atoms with Crippen LogP contribution in [-0.4, -0.2) is 18.3 Å². The molecule has 0 aliphatic heterocycles. The summed E-state index contributed by atoms with van der Waals surface area (Å²) in [4.78, 5) is 0. The monoisotopic (exact) mass is 173 g/mol. The summed E-state index contributed by atoms with van der Waals surface area (Å²) in [5.41, 5.74) is -0.885. The Morgan fingerprint density at radius 2 is 2.00 bits per heavy atom. The van der Waals surface area contributed by atoms with E-state index in [9.17, 15) is 4.39 Å². The van der Waals surface area contributed by atoms with Crippen LogP contribution < -0.4 is 5.32 Å². The first-order valence-corrected chi connectivity index (χ1v) is 5.08. The molecule has 1 aliphatic carbocycles. The molecule has 0 aromatic heterocycles. The molecule has 0 aromatic carbocycles. The Kier molecular flexibility index (Phi) is 3.51. The van der Waals surface area contributed by atoms with E-state index in [-0.39, 0.29) is 0 Å². The molecule has 0 heterocycles. The van der Waals surface area contributed by atoms with Gasteiger partial charge in [-0.1, -0.05) is 19.8 Å². The molecule has 1 saturated carbocycles. The van der Waals surface area contributed by atoms with Crippen molar-refractivity contribution in [2.75, 3.05) is 6.54 Å². The lowest BCUT2D eigenvalue weighted by atomic mass is 10.0. The third-order valence-corrected chi connectivity index (χ3v) is 2.88. The fourth-order valence-electron chi connectivity index (χ4n) is 1.69. The average molecular weight is 173 g/mol. The minimum Gasteiger partial charge on any atom is -0.311 e. The second-order valence-corrected chi connectivity index (χ2v) is 4.05. The highest BCUT2D eigenvalue weighted by Gasteiger charge is 2.33. The van der Waals surface area contributed by atoms with Gasteiger partial charge in [0.05, 0.1) is 0 Å². The van der Waals surface area contributed by atoms with E-state index in [0.717, 1.165) is 32.1 Å². The second kappa shape index (κ2) is 4.22. The van der Waals surface area contributed by atoms with Crippen LogP contribution in [0, 0.1) is 0 Å². The van der Waals surface area contributed by atoms with Crippen molar-refractivity contribution in [3.05, 3.63) is 0 Å². The molecule has 0 spiro atoms. The van der Waals surface area contributed by atoms with Crippen LogP contribution in [0.3, 0.4) is 0 Å². The quantitative estimate of drug-likeness (QED) is 0.689. The largest absolute Gasteiger partial charge is 0.311 e. The molecule has 1 atom stereocenters. The molecular weight excluding hydrogens is 153 g/mol. The molecule has 1 N–H and O–H groups in total. The Balaban J connectivity index is 2.21. The molecule has 1 unspecified atom stereocenters. The van der Waals surface area contributed by atoms with Crippen LogP contribution in [-0.2, 0) is 0 Å². The van der Waals surface area contributed by atoms with Crippen LogP contribution in [0.1, 0.15) is 46.0 Å². The fourth-order valence-corrected chi connectivity index (χ4v) is 1.69. The predicted octanol–water partition coefficient (Wildman–Crippen LogP) is 2.66. The van der Waals surface area contributed by atoms with Crippen LogP contribution in [0.5, 0.6) is 0 Å². The van der Waals surface area contributed by atoms with Gasteiger partial charge in [0.25, 0.3) is 0 Å². The summed E-state index contributed by atoms with van der Waals surface area (Å²) in [7, 11) is 0. The molecular formula is C10H20FN. The van der Waals surface area contributed by atoms with E-state index in [4.69, 9.17) is 0 Å². The number of rotatable bonds is 4. The first-order valence-electron chi connectivity index (χ1n) is 5.08. The maximum Gasteiger partial charge on any atom is 0.123 e. The minimum atomic E-state index is -0.885. The summed E-state index contributed by atoms with van der Waals surface area (Å²) < 4.78 is 13.7. The number of hydrogen-bond acceptors (Lipinski definition) is 1. The SMILES string of the molecule is CCC(C)NCC1(F)CCCC1. The summed E-state index contributed by atoms with van der Waals surface area (Å²) in [5, 5.41) is 3.24. The van der Waals surface area contributed by atoms with Gasteiger partial charge in [0.2, 0.25) is 0 Å². The summed E-state index contributed by atoms with van der Waals surface area (Å²) in [6.07, 6.45) is 4.74. The predicted molar refractivity (Wildman–Crippen MR) is 50.1 cm³/mol. The lowest BCUT2D eigenvalue weighted by molar-refractivity contribution is 0.163. The van der Waals surface area contributed by atoms with Crippen LogP contribution >= 0.6 is 0 Å². The van der Waals surface area contributed by atoms with Crippen molar-refractivity contribution >= 4 is 0 Å². The summed E-state index contributed by atoms with van der Waals surface area (Å²) in [5.74, 6) is 0. The van der Waals surface area contributed by atoms with Crippen LogP contribution in [0.4, 0.5) is 4.39 Å². The average Bonchev–Trinajstić information content (AvgIpc) is 2.49. The van der Waals surface area contributed by atoms with E-state index in [0.29, 0.717) is 12.6 Å². The maximum atomic E-state index is 13.7. The van der Waals surface area contributed by atoms with Gasteiger partial charge in [-0.25, -0.2) is 4.39 Å². The molecule has 12 heavy (non-hydrogen) atoms. The van der Waals surface area contributed by atoms with Crippen molar-refractivity contribution in [3.8, 4) is 0 Å². The van der Waals surface area contributed by atoms with Crippen molar-refractivity contribution in [2.24, 2.45) is 0 Å². The highest BCUT2D eigenvalue weighted by Crippen LogP contribution is 2.32. The molecule has 1 fully saturated rings. The van der Waals surface area contributed by atoms with Gasteiger partial charge < -0.3 is 5.32 Å². The van der Waals surface area contributed by atoms with E-state index in [1.54, 1.807) is 0 Å². The normalized spacial score (nSPS) is 24.2. The van der Waals surface area contributed by atoms with E-state index < -0.39 is 5.67 Å². The number of nitrogens with one attached hydrogen (secondary N) is 1. The minimum absolute atomic E-state index is 0.457. The van der Waals surface area contributed by atoms with E-state index >= 15 is 0 Å². The van der Waals surface area contributed by atoms with Gasteiger partial charge in [0, 0.05) is 12.6 Å². The molecule has 1 rings (SSSR count). The van der Waals surface area contributed by atoms with Crippen molar-refractivity contribution in [2.45, 2.75) is 57.7 Å². The number of alkyl halides is 1. The molecule has 0 aromatic rings. The summed E-state index contributed by atoms with van der Waals surface area (Å²) in [6.45, 7) is 4.79. The Bertz CT molecular complexity index is 130. The topological polar surface area (TPSA) is 12.0 Å². The summed E-state index contributed by atoms with van der Waals surface area (Å²) in [6, 6.07) is 0.457. The highest BCUT2D eigenvalue weighted by atomic mass is 19.1. The van der Waals surface area contributed by atoms with Gasteiger partial charge in [0.1, 0.15) is 5.67 Å². The number of hydrogen-bond donors (Lipinski definition) is 1. The molecule has 0 bridgehead atoms. The molecule has 2 heteroatoms. The van der Waals surface area contributed by atoms with Crippen molar-refractivity contribution in [1.82, 2.24) is 5.32 Å². The Labute approximate surface area is 74.7 Å². The van der Waals surface area contributed by atoms with Crippen LogP contribution in [0.15, 0.2) is 0 Å². The molecule has 72 valence electrons. The zero-order chi connectivity index (χ0) is 9.03.